The van der Waals surface area contributed by atoms with E-state index in [4.69, 9.17) is 0 Å². The predicted molar refractivity (Wildman–Crippen MR) is 72.9 cm³/mol. The standard InChI is InChI=1S/C14H19F3N2O2/c1-10-5-3-4-6-12(10)7-18-13(20)19-11(2)8-21-9-14(15,16)17/h3-6,11H,7-9H2,1-2H3,(H2,18,19,20). The Bertz CT molecular complexity index is 464. The Morgan fingerprint density at radius 3 is 2.62 bits per heavy atom. The Morgan fingerprint density at radius 1 is 1.33 bits per heavy atom. The smallest absolute Gasteiger partial charge is 0.370 e. The van der Waals surface area contributed by atoms with E-state index < -0.39 is 24.9 Å². The molecule has 0 aliphatic carbocycles. The summed E-state index contributed by atoms with van der Waals surface area (Å²) in [6, 6.07) is 6.65. The van der Waals surface area contributed by atoms with Crippen LogP contribution in [-0.2, 0) is 11.3 Å². The van der Waals surface area contributed by atoms with Gasteiger partial charge >= 0.3 is 12.2 Å². The first kappa shape index (κ1) is 17.3. The summed E-state index contributed by atoms with van der Waals surface area (Å²) in [6.45, 7) is 2.35. The van der Waals surface area contributed by atoms with E-state index in [1.165, 1.54) is 0 Å². The van der Waals surface area contributed by atoms with Crippen molar-refractivity contribution in [3.63, 3.8) is 0 Å². The fourth-order valence-corrected chi connectivity index (χ4v) is 1.65. The van der Waals surface area contributed by atoms with Crippen molar-refractivity contribution < 1.29 is 22.7 Å². The number of benzene rings is 1. The molecule has 2 N–H and O–H groups in total. The summed E-state index contributed by atoms with van der Waals surface area (Å²) >= 11 is 0. The maximum absolute atomic E-state index is 11.9. The molecule has 0 heterocycles. The molecule has 2 amide bonds. The van der Waals surface area contributed by atoms with Crippen LogP contribution in [-0.4, -0.2) is 31.5 Å². The average Bonchev–Trinajstić information content (AvgIpc) is 2.36. The molecule has 0 saturated carbocycles. The topological polar surface area (TPSA) is 50.4 Å². The fourth-order valence-electron chi connectivity index (χ4n) is 1.65. The van der Waals surface area contributed by atoms with E-state index in [9.17, 15) is 18.0 Å². The molecule has 0 spiro atoms. The third-order valence-corrected chi connectivity index (χ3v) is 2.71. The Morgan fingerprint density at radius 2 is 2.00 bits per heavy atom. The lowest BCUT2D eigenvalue weighted by molar-refractivity contribution is -0.174. The van der Waals surface area contributed by atoms with Gasteiger partial charge in [0, 0.05) is 6.54 Å². The molecule has 0 aliphatic rings. The van der Waals surface area contributed by atoms with Gasteiger partial charge in [0.05, 0.1) is 12.6 Å². The second-order valence-corrected chi connectivity index (χ2v) is 4.78. The molecular formula is C14H19F3N2O2. The van der Waals surface area contributed by atoms with Crippen LogP contribution in [0.5, 0.6) is 0 Å². The summed E-state index contributed by atoms with van der Waals surface area (Å²) in [7, 11) is 0. The number of halogens is 3. The van der Waals surface area contributed by atoms with Crippen LogP contribution in [0.1, 0.15) is 18.1 Å². The summed E-state index contributed by atoms with van der Waals surface area (Å²) in [5.41, 5.74) is 2.04. The van der Waals surface area contributed by atoms with Crippen LogP contribution in [0.15, 0.2) is 24.3 Å². The van der Waals surface area contributed by atoms with Gasteiger partial charge in [0.2, 0.25) is 0 Å². The van der Waals surface area contributed by atoms with Crippen molar-refractivity contribution in [2.45, 2.75) is 32.6 Å². The number of ether oxygens (including phenoxy) is 1. The van der Waals surface area contributed by atoms with Crippen molar-refractivity contribution in [1.82, 2.24) is 10.6 Å². The summed E-state index contributed by atoms with van der Waals surface area (Å²) in [5.74, 6) is 0. The van der Waals surface area contributed by atoms with E-state index >= 15 is 0 Å². The van der Waals surface area contributed by atoms with Crippen LogP contribution in [0, 0.1) is 6.92 Å². The molecule has 0 aliphatic heterocycles. The molecule has 21 heavy (non-hydrogen) atoms. The largest absolute Gasteiger partial charge is 0.411 e. The van der Waals surface area contributed by atoms with Crippen molar-refractivity contribution in [1.29, 1.82) is 0 Å². The minimum atomic E-state index is -4.35. The van der Waals surface area contributed by atoms with Crippen LogP contribution in [0.25, 0.3) is 0 Å². The monoisotopic (exact) mass is 304 g/mol. The van der Waals surface area contributed by atoms with Gasteiger partial charge < -0.3 is 15.4 Å². The molecule has 0 radical (unpaired) electrons. The number of urea groups is 1. The zero-order valence-electron chi connectivity index (χ0n) is 12.0. The van der Waals surface area contributed by atoms with Gasteiger partial charge in [-0.15, -0.1) is 0 Å². The number of carbonyl (C=O) groups is 1. The number of amides is 2. The number of hydrogen-bond acceptors (Lipinski definition) is 2. The van der Waals surface area contributed by atoms with Gasteiger partial charge in [-0.2, -0.15) is 13.2 Å². The zero-order chi connectivity index (χ0) is 15.9. The second-order valence-electron chi connectivity index (χ2n) is 4.78. The Kier molecular flexibility index (Phi) is 6.48. The van der Waals surface area contributed by atoms with Crippen LogP contribution < -0.4 is 10.6 Å². The van der Waals surface area contributed by atoms with E-state index in [0.717, 1.165) is 11.1 Å². The highest BCUT2D eigenvalue weighted by Gasteiger charge is 2.27. The third-order valence-electron chi connectivity index (χ3n) is 2.71. The highest BCUT2D eigenvalue weighted by molar-refractivity contribution is 5.74. The Balaban J connectivity index is 2.26. The van der Waals surface area contributed by atoms with E-state index in [1.54, 1.807) is 6.92 Å². The normalized spacial score (nSPS) is 12.8. The lowest BCUT2D eigenvalue weighted by Crippen LogP contribution is -2.42. The maximum atomic E-state index is 11.9. The Hall–Kier alpha value is -1.76. The maximum Gasteiger partial charge on any atom is 0.411 e. The molecule has 1 aromatic carbocycles. The van der Waals surface area contributed by atoms with Gasteiger partial charge in [0.25, 0.3) is 0 Å². The molecule has 7 heteroatoms. The molecule has 1 rings (SSSR count). The van der Waals surface area contributed by atoms with Crippen LogP contribution >= 0.6 is 0 Å². The molecule has 0 bridgehead atoms. The van der Waals surface area contributed by atoms with E-state index in [0.29, 0.717) is 6.54 Å². The molecule has 0 aromatic heterocycles. The van der Waals surface area contributed by atoms with Crippen molar-refractivity contribution >= 4 is 6.03 Å². The number of rotatable bonds is 6. The van der Waals surface area contributed by atoms with Crippen LogP contribution in [0.3, 0.4) is 0 Å². The highest BCUT2D eigenvalue weighted by atomic mass is 19.4. The number of nitrogens with one attached hydrogen (secondary N) is 2. The van der Waals surface area contributed by atoms with Crippen molar-refractivity contribution in [3.05, 3.63) is 35.4 Å². The molecule has 1 unspecified atom stereocenters. The van der Waals surface area contributed by atoms with E-state index in [2.05, 4.69) is 15.4 Å². The Labute approximate surface area is 121 Å². The highest BCUT2D eigenvalue weighted by Crippen LogP contribution is 2.14. The van der Waals surface area contributed by atoms with Gasteiger partial charge in [-0.25, -0.2) is 4.79 Å². The quantitative estimate of drug-likeness (QED) is 0.849. The van der Waals surface area contributed by atoms with Gasteiger partial charge in [0.15, 0.2) is 0 Å². The first-order valence-corrected chi connectivity index (χ1v) is 6.51. The number of hydrogen-bond donors (Lipinski definition) is 2. The van der Waals surface area contributed by atoms with Gasteiger partial charge in [0.1, 0.15) is 6.61 Å². The third kappa shape index (κ3) is 7.55. The predicted octanol–water partition coefficient (Wildman–Crippen LogP) is 2.76. The summed E-state index contributed by atoms with van der Waals surface area (Å²) in [6.07, 6.45) is -4.35. The first-order chi connectivity index (χ1) is 9.78. The molecule has 118 valence electrons. The number of carbonyl (C=O) groups excluding carboxylic acids is 1. The molecule has 1 atom stereocenters. The minimum Gasteiger partial charge on any atom is -0.370 e. The summed E-state index contributed by atoms with van der Waals surface area (Å²) in [5, 5.41) is 5.16. The van der Waals surface area contributed by atoms with Gasteiger partial charge in [-0.1, -0.05) is 24.3 Å². The van der Waals surface area contributed by atoms with E-state index in [1.807, 2.05) is 31.2 Å². The number of aryl methyl sites for hydroxylation is 1. The first-order valence-electron chi connectivity index (χ1n) is 6.51. The van der Waals surface area contributed by atoms with Gasteiger partial charge in [-0.3, -0.25) is 0 Å². The van der Waals surface area contributed by atoms with E-state index in [-0.39, 0.29) is 6.61 Å². The molecule has 1 aromatic rings. The second kappa shape index (κ2) is 7.87. The van der Waals surface area contributed by atoms with Crippen molar-refractivity contribution in [2.75, 3.05) is 13.2 Å². The van der Waals surface area contributed by atoms with Crippen LogP contribution in [0.4, 0.5) is 18.0 Å². The molecule has 0 saturated heterocycles. The van der Waals surface area contributed by atoms with Crippen molar-refractivity contribution in [2.24, 2.45) is 0 Å². The summed E-state index contributed by atoms with van der Waals surface area (Å²) < 4.78 is 40.1. The van der Waals surface area contributed by atoms with Crippen molar-refractivity contribution in [3.8, 4) is 0 Å². The molecule has 4 nitrogen and oxygen atoms in total. The van der Waals surface area contributed by atoms with Crippen LogP contribution in [0.2, 0.25) is 0 Å². The fraction of sp³-hybridized carbons (Fsp3) is 0.500. The molecular weight excluding hydrogens is 285 g/mol. The lowest BCUT2D eigenvalue weighted by atomic mass is 10.1. The summed E-state index contributed by atoms with van der Waals surface area (Å²) in [4.78, 5) is 11.6. The number of alkyl halides is 3. The minimum absolute atomic E-state index is 0.197. The van der Waals surface area contributed by atoms with Gasteiger partial charge in [-0.05, 0) is 25.0 Å². The molecule has 0 fully saturated rings. The zero-order valence-corrected chi connectivity index (χ0v) is 12.0. The average molecular weight is 304 g/mol. The lowest BCUT2D eigenvalue weighted by Gasteiger charge is -2.16. The SMILES string of the molecule is Cc1ccccc1CNC(=O)NC(C)COCC(F)(F)F.